The molecular weight excluding hydrogens is 244 g/mol. The number of nitrogens with zero attached hydrogens (tertiary/aromatic N) is 1. The molecule has 5 nitrogen and oxygen atoms in total. The number of hydrogen-bond acceptors (Lipinski definition) is 3. The molecule has 1 aromatic heterocycles. The van der Waals surface area contributed by atoms with E-state index in [4.69, 9.17) is 9.84 Å². The summed E-state index contributed by atoms with van der Waals surface area (Å²) in [7, 11) is 1.62. The number of carbonyl (C=O) groups is 1. The van der Waals surface area contributed by atoms with Crippen LogP contribution in [0.4, 0.5) is 0 Å². The highest BCUT2D eigenvalue weighted by atomic mass is 16.5. The fourth-order valence-corrected chi connectivity index (χ4v) is 2.16. The van der Waals surface area contributed by atoms with E-state index < -0.39 is 5.97 Å². The van der Waals surface area contributed by atoms with E-state index in [1.54, 1.807) is 13.3 Å². The molecule has 0 fully saturated rings. The van der Waals surface area contributed by atoms with Crippen LogP contribution in [-0.4, -0.2) is 28.2 Å². The minimum Gasteiger partial charge on any atom is -0.496 e. The van der Waals surface area contributed by atoms with E-state index in [1.807, 2.05) is 19.9 Å². The predicted molar refractivity (Wildman–Crippen MR) is 71.4 cm³/mol. The van der Waals surface area contributed by atoms with Crippen LogP contribution in [0, 0.1) is 13.8 Å². The average Bonchev–Trinajstić information content (AvgIpc) is 2.74. The third-order valence-electron chi connectivity index (χ3n) is 2.88. The summed E-state index contributed by atoms with van der Waals surface area (Å²) in [5.41, 5.74) is 3.86. The summed E-state index contributed by atoms with van der Waals surface area (Å²) in [6, 6.07) is 4.00. The molecule has 0 unspecified atom stereocenters. The summed E-state index contributed by atoms with van der Waals surface area (Å²) >= 11 is 0. The van der Waals surface area contributed by atoms with Crippen LogP contribution in [0.2, 0.25) is 0 Å². The highest BCUT2D eigenvalue weighted by Crippen LogP contribution is 2.33. The molecule has 0 amide bonds. The van der Waals surface area contributed by atoms with Crippen molar-refractivity contribution in [3.05, 3.63) is 35.3 Å². The number of benzene rings is 1. The Morgan fingerprint density at radius 1 is 1.42 bits per heavy atom. The lowest BCUT2D eigenvalue weighted by Gasteiger charge is -2.11. The van der Waals surface area contributed by atoms with Gasteiger partial charge in [0.05, 0.1) is 19.0 Å². The lowest BCUT2D eigenvalue weighted by atomic mass is 10.0. The second kappa shape index (κ2) is 5.14. The topological polar surface area (TPSA) is 75.2 Å². The summed E-state index contributed by atoms with van der Waals surface area (Å²) in [4.78, 5) is 17.8. The second-order valence-corrected chi connectivity index (χ2v) is 4.47. The van der Waals surface area contributed by atoms with Crippen molar-refractivity contribution in [1.29, 1.82) is 0 Å². The first-order valence-electron chi connectivity index (χ1n) is 5.92. The summed E-state index contributed by atoms with van der Waals surface area (Å²) in [5.74, 6) is 0.279. The van der Waals surface area contributed by atoms with E-state index in [0.29, 0.717) is 5.82 Å². The number of nitrogens with one attached hydrogen (secondary N) is 1. The van der Waals surface area contributed by atoms with Crippen molar-refractivity contribution in [2.24, 2.45) is 0 Å². The number of aryl methyl sites for hydroxylation is 2. The molecule has 19 heavy (non-hydrogen) atoms. The van der Waals surface area contributed by atoms with Gasteiger partial charge in [-0.05, 0) is 31.0 Å². The molecule has 2 rings (SSSR count). The van der Waals surface area contributed by atoms with Gasteiger partial charge in [0.2, 0.25) is 0 Å². The van der Waals surface area contributed by atoms with Crippen LogP contribution in [-0.2, 0) is 11.2 Å². The van der Waals surface area contributed by atoms with Gasteiger partial charge >= 0.3 is 5.97 Å². The Kier molecular flexibility index (Phi) is 3.55. The van der Waals surface area contributed by atoms with Gasteiger partial charge in [-0.15, -0.1) is 0 Å². The third kappa shape index (κ3) is 2.76. The average molecular weight is 260 g/mol. The zero-order chi connectivity index (χ0) is 14.0. The number of hydrogen-bond donors (Lipinski definition) is 2. The number of aromatic amines is 1. The highest BCUT2D eigenvalue weighted by Gasteiger charge is 2.13. The number of carboxylic acid groups (broad SMARTS) is 1. The molecule has 0 saturated heterocycles. The summed E-state index contributed by atoms with van der Waals surface area (Å²) in [6.07, 6.45) is 1.52. The van der Waals surface area contributed by atoms with E-state index in [2.05, 4.69) is 16.0 Å². The molecule has 0 spiro atoms. The zero-order valence-corrected chi connectivity index (χ0v) is 11.2. The van der Waals surface area contributed by atoms with Gasteiger partial charge in [-0.1, -0.05) is 6.07 Å². The van der Waals surface area contributed by atoms with E-state index in [-0.39, 0.29) is 6.42 Å². The molecule has 5 heteroatoms. The van der Waals surface area contributed by atoms with Gasteiger partial charge in [-0.3, -0.25) is 4.79 Å². The van der Waals surface area contributed by atoms with E-state index >= 15 is 0 Å². The smallest absolute Gasteiger partial charge is 0.311 e. The summed E-state index contributed by atoms with van der Waals surface area (Å²) in [5, 5.41) is 8.75. The first-order valence-corrected chi connectivity index (χ1v) is 5.92. The molecule has 0 bridgehead atoms. The molecule has 0 aliphatic carbocycles. The van der Waals surface area contributed by atoms with Crippen molar-refractivity contribution < 1.29 is 14.6 Å². The second-order valence-electron chi connectivity index (χ2n) is 4.47. The van der Waals surface area contributed by atoms with Gasteiger partial charge in [-0.2, -0.15) is 0 Å². The van der Waals surface area contributed by atoms with Gasteiger partial charge in [-0.25, -0.2) is 4.98 Å². The van der Waals surface area contributed by atoms with Gasteiger partial charge in [0.1, 0.15) is 18.0 Å². The van der Waals surface area contributed by atoms with Crippen molar-refractivity contribution in [3.8, 4) is 17.0 Å². The molecule has 2 N–H and O–H groups in total. The fourth-order valence-electron chi connectivity index (χ4n) is 2.16. The zero-order valence-electron chi connectivity index (χ0n) is 11.2. The number of methoxy groups -OCH3 is 1. The molecule has 1 aromatic carbocycles. The van der Waals surface area contributed by atoms with E-state index in [0.717, 1.165) is 28.1 Å². The van der Waals surface area contributed by atoms with Gasteiger partial charge in [0, 0.05) is 5.56 Å². The van der Waals surface area contributed by atoms with E-state index in [9.17, 15) is 4.79 Å². The lowest BCUT2D eigenvalue weighted by Crippen LogP contribution is -2.01. The maximum Gasteiger partial charge on any atom is 0.311 e. The lowest BCUT2D eigenvalue weighted by molar-refractivity contribution is -0.136. The first-order chi connectivity index (χ1) is 9.01. The number of carboxylic acids is 1. The molecule has 2 aromatic rings. The monoisotopic (exact) mass is 260 g/mol. The Bertz CT molecular complexity index is 617. The normalized spacial score (nSPS) is 10.5. The number of H-pyrrole nitrogens is 1. The maximum absolute atomic E-state index is 10.7. The largest absolute Gasteiger partial charge is 0.496 e. The van der Waals surface area contributed by atoms with Gasteiger partial charge < -0.3 is 14.8 Å². The minimum atomic E-state index is -0.909. The number of aromatic nitrogens is 2. The van der Waals surface area contributed by atoms with Crippen LogP contribution in [0.3, 0.4) is 0 Å². The van der Waals surface area contributed by atoms with E-state index in [1.165, 1.54) is 0 Å². The standard InChI is InChI=1S/C14H16N2O3/c1-8-4-9(2)14(11(5-8)19-3)10-7-15-12(16-10)6-13(17)18/h4-5,7H,6H2,1-3H3,(H,15,16)(H,17,18). The molecule has 0 atom stereocenters. The van der Waals surface area contributed by atoms with Crippen molar-refractivity contribution >= 4 is 5.97 Å². The Balaban J connectivity index is 2.46. The molecule has 100 valence electrons. The van der Waals surface area contributed by atoms with Crippen molar-refractivity contribution in [1.82, 2.24) is 9.97 Å². The van der Waals surface area contributed by atoms with Crippen LogP contribution in [0.25, 0.3) is 11.3 Å². The molecule has 0 saturated carbocycles. The number of rotatable bonds is 4. The third-order valence-corrected chi connectivity index (χ3v) is 2.88. The molecule has 0 aliphatic rings. The number of ether oxygens (including phenoxy) is 1. The van der Waals surface area contributed by atoms with Crippen molar-refractivity contribution in [2.45, 2.75) is 20.3 Å². The van der Waals surface area contributed by atoms with Crippen LogP contribution in [0.5, 0.6) is 5.75 Å². The van der Waals surface area contributed by atoms with Crippen LogP contribution in [0.15, 0.2) is 18.3 Å². The maximum atomic E-state index is 10.7. The Morgan fingerprint density at radius 2 is 2.16 bits per heavy atom. The predicted octanol–water partition coefficient (Wildman–Crippen LogP) is 2.33. The van der Waals surface area contributed by atoms with Crippen molar-refractivity contribution in [3.63, 3.8) is 0 Å². The number of imidazole rings is 1. The van der Waals surface area contributed by atoms with Crippen LogP contribution >= 0.6 is 0 Å². The minimum absolute atomic E-state index is 0.118. The molecular formula is C14H16N2O3. The Labute approximate surface area is 111 Å². The van der Waals surface area contributed by atoms with Crippen LogP contribution < -0.4 is 4.74 Å². The SMILES string of the molecule is COc1cc(C)cc(C)c1-c1cnc(CC(=O)O)[nH]1. The van der Waals surface area contributed by atoms with Gasteiger partial charge in [0.25, 0.3) is 0 Å². The first kappa shape index (κ1) is 13.1. The molecule has 0 aliphatic heterocycles. The summed E-state index contributed by atoms with van der Waals surface area (Å²) in [6.45, 7) is 3.99. The molecule has 1 heterocycles. The van der Waals surface area contributed by atoms with Crippen molar-refractivity contribution in [2.75, 3.05) is 7.11 Å². The fraction of sp³-hybridized carbons (Fsp3) is 0.286. The Morgan fingerprint density at radius 3 is 2.79 bits per heavy atom. The van der Waals surface area contributed by atoms with Crippen LogP contribution in [0.1, 0.15) is 17.0 Å². The Hall–Kier alpha value is -2.30. The van der Waals surface area contributed by atoms with Gasteiger partial charge in [0.15, 0.2) is 0 Å². The number of aliphatic carboxylic acids is 1. The quantitative estimate of drug-likeness (QED) is 0.884. The highest BCUT2D eigenvalue weighted by molar-refractivity contribution is 5.73. The summed E-state index contributed by atoms with van der Waals surface area (Å²) < 4.78 is 5.39. The molecule has 0 radical (unpaired) electrons.